The fourth-order valence-corrected chi connectivity index (χ4v) is 3.69. The van der Waals surface area contributed by atoms with Gasteiger partial charge in [-0.1, -0.05) is 0 Å². The van der Waals surface area contributed by atoms with Gasteiger partial charge in [-0.25, -0.2) is 14.5 Å². The number of halogens is 1. The minimum absolute atomic E-state index is 0.365. The summed E-state index contributed by atoms with van der Waals surface area (Å²) in [4.78, 5) is 8.50. The third-order valence-corrected chi connectivity index (χ3v) is 5.20. The van der Waals surface area contributed by atoms with E-state index in [-0.39, 0.29) is 0 Å². The van der Waals surface area contributed by atoms with Gasteiger partial charge in [0.15, 0.2) is 0 Å². The molecular formula is C20H17FN8. The highest BCUT2D eigenvalue weighted by molar-refractivity contribution is 5.82. The Kier molecular flexibility index (Phi) is 4.26. The molecule has 1 N–H and O–H groups in total. The predicted octanol–water partition coefficient (Wildman–Crippen LogP) is 2.59. The van der Waals surface area contributed by atoms with Crippen LogP contribution < -0.4 is 5.32 Å². The van der Waals surface area contributed by atoms with Crippen LogP contribution in [0.2, 0.25) is 0 Å². The molecule has 1 aliphatic rings. The summed E-state index contributed by atoms with van der Waals surface area (Å²) in [5.74, 6) is -0.571. The van der Waals surface area contributed by atoms with E-state index in [9.17, 15) is 9.65 Å². The number of aromatic nitrogens is 6. The van der Waals surface area contributed by atoms with Crippen LogP contribution >= 0.6 is 0 Å². The highest BCUT2D eigenvalue weighted by atomic mass is 19.1. The van der Waals surface area contributed by atoms with Crippen LogP contribution in [0.4, 0.5) is 4.39 Å². The summed E-state index contributed by atoms with van der Waals surface area (Å²) < 4.78 is 16.9. The van der Waals surface area contributed by atoms with Gasteiger partial charge in [-0.15, -0.1) is 0 Å². The first-order chi connectivity index (χ1) is 14.2. The number of nitriles is 1. The normalized spacial score (nSPS) is 14.9. The van der Waals surface area contributed by atoms with Crippen LogP contribution in [0.15, 0.2) is 43.1 Å². The Hall–Kier alpha value is -3.64. The van der Waals surface area contributed by atoms with Gasteiger partial charge in [-0.05, 0) is 38.1 Å². The van der Waals surface area contributed by atoms with Crippen LogP contribution in [-0.2, 0) is 0 Å². The summed E-state index contributed by atoms with van der Waals surface area (Å²) in [6.07, 6.45) is 10.5. The van der Waals surface area contributed by atoms with Crippen LogP contribution in [0.25, 0.3) is 28.0 Å². The van der Waals surface area contributed by atoms with Gasteiger partial charge < -0.3 is 5.32 Å². The lowest BCUT2D eigenvalue weighted by molar-refractivity contribution is 0.343. The Morgan fingerprint density at radius 2 is 1.93 bits per heavy atom. The zero-order chi connectivity index (χ0) is 19.8. The second kappa shape index (κ2) is 7.07. The first-order valence-electron chi connectivity index (χ1n) is 9.38. The topological polar surface area (TPSA) is 96.7 Å². The highest BCUT2D eigenvalue weighted by Gasteiger charge is 2.19. The Morgan fingerprint density at radius 1 is 1.07 bits per heavy atom. The van der Waals surface area contributed by atoms with Crippen molar-refractivity contribution < 1.29 is 4.39 Å². The van der Waals surface area contributed by atoms with Crippen molar-refractivity contribution in [1.29, 1.82) is 5.26 Å². The van der Waals surface area contributed by atoms with Gasteiger partial charge >= 0.3 is 0 Å². The van der Waals surface area contributed by atoms with Crippen molar-refractivity contribution >= 4 is 5.52 Å². The summed E-state index contributed by atoms with van der Waals surface area (Å²) >= 11 is 0. The number of rotatable bonds is 3. The molecule has 0 aromatic carbocycles. The molecule has 1 fully saturated rings. The molecule has 1 aliphatic heterocycles. The van der Waals surface area contributed by atoms with Crippen molar-refractivity contribution in [3.63, 3.8) is 0 Å². The molecule has 0 atom stereocenters. The molecule has 0 radical (unpaired) electrons. The van der Waals surface area contributed by atoms with Crippen LogP contribution in [0.3, 0.4) is 0 Å². The van der Waals surface area contributed by atoms with Gasteiger partial charge in [0.05, 0.1) is 36.0 Å². The predicted molar refractivity (Wildman–Crippen MR) is 103 cm³/mol. The maximum atomic E-state index is 13.3. The summed E-state index contributed by atoms with van der Waals surface area (Å²) in [6.45, 7) is 1.96. The Balaban J connectivity index is 1.63. The van der Waals surface area contributed by atoms with Crippen molar-refractivity contribution in [2.75, 3.05) is 13.1 Å². The van der Waals surface area contributed by atoms with Crippen molar-refractivity contribution in [2.45, 2.75) is 18.9 Å². The van der Waals surface area contributed by atoms with Gasteiger partial charge in [-0.2, -0.15) is 19.8 Å². The summed E-state index contributed by atoms with van der Waals surface area (Å²) in [6, 6.07) is 5.38. The van der Waals surface area contributed by atoms with Crippen LogP contribution in [0, 0.1) is 17.3 Å². The first kappa shape index (κ1) is 17.5. The second-order valence-electron chi connectivity index (χ2n) is 7.00. The van der Waals surface area contributed by atoms with E-state index >= 15 is 0 Å². The number of piperidine rings is 1. The molecule has 8 nitrogen and oxygen atoms in total. The molecule has 29 heavy (non-hydrogen) atoms. The molecule has 0 saturated carbocycles. The zero-order valence-electron chi connectivity index (χ0n) is 15.5. The minimum atomic E-state index is -0.571. The molecule has 1 saturated heterocycles. The second-order valence-corrected chi connectivity index (χ2v) is 7.00. The number of hydrogen-bond acceptors (Lipinski definition) is 6. The molecule has 0 unspecified atom stereocenters. The van der Waals surface area contributed by atoms with Crippen LogP contribution in [-0.4, -0.2) is 42.5 Å². The molecule has 0 aliphatic carbocycles. The Bertz CT molecular complexity index is 1210. The van der Waals surface area contributed by atoms with Gasteiger partial charge in [0.25, 0.3) is 0 Å². The lowest BCUT2D eigenvalue weighted by Crippen LogP contribution is -2.29. The van der Waals surface area contributed by atoms with E-state index in [0.717, 1.165) is 31.5 Å². The molecule has 9 heteroatoms. The van der Waals surface area contributed by atoms with E-state index in [0.29, 0.717) is 34.1 Å². The molecular weight excluding hydrogens is 371 g/mol. The maximum Gasteiger partial charge on any atom is 0.212 e. The van der Waals surface area contributed by atoms with E-state index in [1.54, 1.807) is 23.0 Å². The number of nitrogens with zero attached hydrogens (tertiary/aromatic N) is 7. The van der Waals surface area contributed by atoms with E-state index < -0.39 is 5.95 Å². The van der Waals surface area contributed by atoms with E-state index in [4.69, 9.17) is 4.98 Å². The molecule has 144 valence electrons. The van der Waals surface area contributed by atoms with Crippen molar-refractivity contribution in [2.24, 2.45) is 0 Å². The molecule has 4 aromatic heterocycles. The van der Waals surface area contributed by atoms with Gasteiger partial charge in [0.2, 0.25) is 5.95 Å². The maximum absolute atomic E-state index is 13.3. The zero-order valence-corrected chi connectivity index (χ0v) is 15.5. The number of fused-ring (bicyclic) bond motifs is 1. The monoisotopic (exact) mass is 388 g/mol. The molecule has 5 heterocycles. The molecule has 0 amide bonds. The van der Waals surface area contributed by atoms with Gasteiger partial charge in [0, 0.05) is 23.5 Å². The minimum Gasteiger partial charge on any atom is -0.317 e. The van der Waals surface area contributed by atoms with Crippen molar-refractivity contribution in [3.8, 4) is 28.6 Å². The van der Waals surface area contributed by atoms with Gasteiger partial charge in [-0.3, -0.25) is 4.68 Å². The smallest absolute Gasteiger partial charge is 0.212 e. The lowest BCUT2D eigenvalue weighted by Gasteiger charge is -2.22. The molecule has 5 rings (SSSR count). The van der Waals surface area contributed by atoms with E-state index in [1.807, 2.05) is 10.9 Å². The third-order valence-electron chi connectivity index (χ3n) is 5.20. The average molecular weight is 388 g/mol. The summed E-state index contributed by atoms with van der Waals surface area (Å²) in [5, 5.41) is 21.6. The summed E-state index contributed by atoms with van der Waals surface area (Å²) in [5.41, 5.74) is 3.63. The van der Waals surface area contributed by atoms with E-state index in [1.165, 1.54) is 18.5 Å². The van der Waals surface area contributed by atoms with Crippen LogP contribution in [0.1, 0.15) is 24.4 Å². The lowest BCUT2D eigenvalue weighted by atomic mass is 10.1. The molecule has 0 spiro atoms. The first-order valence-corrected chi connectivity index (χ1v) is 9.38. The quantitative estimate of drug-likeness (QED) is 0.542. The van der Waals surface area contributed by atoms with E-state index in [2.05, 4.69) is 26.6 Å². The van der Waals surface area contributed by atoms with Crippen LogP contribution in [0.5, 0.6) is 0 Å². The average Bonchev–Trinajstić information content (AvgIpc) is 3.41. The van der Waals surface area contributed by atoms with Gasteiger partial charge in [0.1, 0.15) is 17.1 Å². The third kappa shape index (κ3) is 3.13. The standard InChI is InChI=1S/C20H17FN8/c21-18-2-1-13(8-24-18)19-20-14(7-22)9-26-29(20)12-17(27-19)15-10-25-28(11-15)16-3-5-23-6-4-16/h1-2,8-12,16,23H,3-6H2. The largest absolute Gasteiger partial charge is 0.317 e. The Morgan fingerprint density at radius 3 is 2.69 bits per heavy atom. The number of pyridine rings is 1. The SMILES string of the molecule is N#Cc1cnn2cc(-c3cnn(C4CCNCC4)c3)nc(-c3ccc(F)nc3)c12. The van der Waals surface area contributed by atoms with Crippen molar-refractivity contribution in [3.05, 3.63) is 54.6 Å². The number of nitrogens with one attached hydrogen (secondary N) is 1. The fourth-order valence-electron chi connectivity index (χ4n) is 3.69. The molecule has 0 bridgehead atoms. The highest BCUT2D eigenvalue weighted by Crippen LogP contribution is 2.29. The Labute approximate surface area is 165 Å². The number of hydrogen-bond donors (Lipinski definition) is 1. The summed E-state index contributed by atoms with van der Waals surface area (Å²) in [7, 11) is 0. The van der Waals surface area contributed by atoms with Crippen molar-refractivity contribution in [1.82, 2.24) is 34.7 Å². The fraction of sp³-hybridized carbons (Fsp3) is 0.250. The molecule has 4 aromatic rings.